The van der Waals surface area contributed by atoms with Gasteiger partial charge >= 0.3 is 0 Å². The molecule has 1 aliphatic rings. The van der Waals surface area contributed by atoms with Crippen LogP contribution in [0.1, 0.15) is 37.2 Å². The molecule has 0 radical (unpaired) electrons. The number of hydrogen-bond acceptors (Lipinski definition) is 4. The molecule has 2 heterocycles. The average molecular weight is 399 g/mol. The van der Waals surface area contributed by atoms with E-state index in [1.807, 2.05) is 0 Å². The highest BCUT2D eigenvalue weighted by atomic mass is 79.9. The summed E-state index contributed by atoms with van der Waals surface area (Å²) in [7, 11) is 1.34. The van der Waals surface area contributed by atoms with E-state index in [0.717, 1.165) is 12.8 Å². The van der Waals surface area contributed by atoms with Gasteiger partial charge in [0.15, 0.2) is 10.4 Å². The summed E-state index contributed by atoms with van der Waals surface area (Å²) in [5, 5.41) is 0. The second-order valence-electron chi connectivity index (χ2n) is 5.56. The Morgan fingerprint density at radius 1 is 1.43 bits per heavy atom. The molecule has 0 unspecified atom stereocenters. The fourth-order valence-corrected chi connectivity index (χ4v) is 4.58. The van der Waals surface area contributed by atoms with E-state index in [1.165, 1.54) is 6.07 Å². The molecule has 1 aromatic rings. The molecular weight excluding hydrogens is 382 g/mol. The Bertz CT molecular complexity index is 633. The summed E-state index contributed by atoms with van der Waals surface area (Å²) in [5.41, 5.74) is 0. The maximum atomic E-state index is 12.3. The van der Waals surface area contributed by atoms with E-state index in [0.29, 0.717) is 24.9 Å². The number of piperidine rings is 1. The van der Waals surface area contributed by atoms with E-state index in [-0.39, 0.29) is 21.2 Å². The van der Waals surface area contributed by atoms with Crippen molar-refractivity contribution in [3.05, 3.63) is 16.5 Å². The number of hydrogen-bond donors (Lipinski definition) is 0. The summed E-state index contributed by atoms with van der Waals surface area (Å²) in [5.74, 6) is 0.915. The molecule has 21 heavy (non-hydrogen) atoms. The summed E-state index contributed by atoms with van der Waals surface area (Å²) in [6.07, 6.45) is 1.90. The lowest BCUT2D eigenvalue weighted by Gasteiger charge is -2.33. The fraction of sp³-hybridized carbons (Fsp3) is 0.615. The fourth-order valence-electron chi connectivity index (χ4n) is 2.55. The van der Waals surface area contributed by atoms with Crippen LogP contribution in [0.3, 0.4) is 0 Å². The Labute approximate surface area is 137 Å². The molecule has 0 atom stereocenters. The van der Waals surface area contributed by atoms with Crippen LogP contribution in [0.5, 0.6) is 0 Å². The quantitative estimate of drug-likeness (QED) is 0.731. The van der Waals surface area contributed by atoms with Crippen LogP contribution in [0.2, 0.25) is 0 Å². The minimum atomic E-state index is -3.94. The van der Waals surface area contributed by atoms with Gasteiger partial charge in [0.2, 0.25) is 0 Å². The molecule has 1 amide bonds. The molecule has 1 saturated heterocycles. The van der Waals surface area contributed by atoms with Gasteiger partial charge in [0.1, 0.15) is 4.90 Å². The standard InChI is InChI=1S/C13H17BrClNO4S/c1-8(2)9-3-5-16(6-4-9)13(17)10-7-11(12(14)20-10)21(15,18)19/h7-9H,3-6H2,1-2H3. The number of likely N-dealkylation sites (tertiary alicyclic amines) is 1. The highest BCUT2D eigenvalue weighted by molar-refractivity contribution is 9.10. The van der Waals surface area contributed by atoms with Crippen LogP contribution in [-0.4, -0.2) is 32.3 Å². The van der Waals surface area contributed by atoms with Crippen LogP contribution in [0.15, 0.2) is 20.0 Å². The van der Waals surface area contributed by atoms with Crippen molar-refractivity contribution in [3.8, 4) is 0 Å². The third kappa shape index (κ3) is 3.81. The maximum Gasteiger partial charge on any atom is 0.289 e. The topological polar surface area (TPSA) is 67.6 Å². The highest BCUT2D eigenvalue weighted by Crippen LogP contribution is 2.30. The van der Waals surface area contributed by atoms with Crippen LogP contribution in [0, 0.1) is 11.8 Å². The SMILES string of the molecule is CC(C)C1CCN(C(=O)c2cc(S(=O)(=O)Cl)c(Br)o2)CC1. The van der Waals surface area contributed by atoms with Crippen molar-refractivity contribution < 1.29 is 17.6 Å². The summed E-state index contributed by atoms with van der Waals surface area (Å²) in [6, 6.07) is 1.17. The molecule has 118 valence electrons. The van der Waals surface area contributed by atoms with Crippen molar-refractivity contribution in [3.63, 3.8) is 0 Å². The Morgan fingerprint density at radius 3 is 2.43 bits per heavy atom. The van der Waals surface area contributed by atoms with Crippen molar-refractivity contribution in [2.45, 2.75) is 31.6 Å². The Kier molecular flexibility index (Phi) is 5.05. The largest absolute Gasteiger partial charge is 0.443 e. The number of carbonyl (C=O) groups is 1. The van der Waals surface area contributed by atoms with Gasteiger partial charge in [-0.3, -0.25) is 4.79 Å². The van der Waals surface area contributed by atoms with Gasteiger partial charge in [-0.05, 0) is 40.6 Å². The average Bonchev–Trinajstić information content (AvgIpc) is 2.80. The number of halogens is 2. The lowest BCUT2D eigenvalue weighted by molar-refractivity contribution is 0.0634. The molecule has 1 fully saturated rings. The van der Waals surface area contributed by atoms with E-state index in [9.17, 15) is 13.2 Å². The van der Waals surface area contributed by atoms with Crippen LogP contribution in [0.25, 0.3) is 0 Å². The number of amides is 1. The van der Waals surface area contributed by atoms with Crippen molar-refractivity contribution >= 4 is 41.6 Å². The Hall–Kier alpha value is -0.530. The molecular formula is C13H17BrClNO4S. The minimum Gasteiger partial charge on any atom is -0.443 e. The second kappa shape index (κ2) is 6.30. The first kappa shape index (κ1) is 16.8. The Balaban J connectivity index is 2.12. The van der Waals surface area contributed by atoms with Crippen LogP contribution in [0.4, 0.5) is 0 Å². The van der Waals surface area contributed by atoms with Crippen LogP contribution < -0.4 is 0 Å². The predicted molar refractivity (Wildman–Crippen MR) is 82.9 cm³/mol. The van der Waals surface area contributed by atoms with E-state index in [1.54, 1.807) is 4.90 Å². The van der Waals surface area contributed by atoms with Crippen molar-refractivity contribution in [2.24, 2.45) is 11.8 Å². The zero-order chi connectivity index (χ0) is 15.8. The van der Waals surface area contributed by atoms with Crippen molar-refractivity contribution in [2.75, 3.05) is 13.1 Å². The summed E-state index contributed by atoms with van der Waals surface area (Å²) < 4.78 is 27.8. The normalized spacial score (nSPS) is 17.5. The number of furan rings is 1. The number of rotatable bonds is 3. The predicted octanol–water partition coefficient (Wildman–Crippen LogP) is 3.48. The van der Waals surface area contributed by atoms with E-state index < -0.39 is 9.05 Å². The van der Waals surface area contributed by atoms with E-state index in [4.69, 9.17) is 15.1 Å². The molecule has 0 N–H and O–H groups in total. The smallest absolute Gasteiger partial charge is 0.289 e. The third-order valence-corrected chi connectivity index (χ3v) is 6.08. The zero-order valence-electron chi connectivity index (χ0n) is 11.8. The van der Waals surface area contributed by atoms with Gasteiger partial charge < -0.3 is 9.32 Å². The summed E-state index contributed by atoms with van der Waals surface area (Å²) >= 11 is 2.97. The van der Waals surface area contributed by atoms with Gasteiger partial charge in [-0.1, -0.05) is 13.8 Å². The lowest BCUT2D eigenvalue weighted by atomic mass is 9.87. The van der Waals surface area contributed by atoms with Gasteiger partial charge in [0.25, 0.3) is 15.0 Å². The molecule has 1 aliphatic heterocycles. The summed E-state index contributed by atoms with van der Waals surface area (Å²) in [6.45, 7) is 5.68. The first-order valence-corrected chi connectivity index (χ1v) is 9.83. The highest BCUT2D eigenvalue weighted by Gasteiger charge is 2.29. The summed E-state index contributed by atoms with van der Waals surface area (Å²) in [4.78, 5) is 13.8. The molecule has 8 heteroatoms. The Morgan fingerprint density at radius 2 is 2.00 bits per heavy atom. The molecule has 0 bridgehead atoms. The molecule has 5 nitrogen and oxygen atoms in total. The first-order valence-electron chi connectivity index (χ1n) is 6.73. The maximum absolute atomic E-state index is 12.3. The van der Waals surface area contributed by atoms with Gasteiger partial charge in [-0.2, -0.15) is 0 Å². The minimum absolute atomic E-state index is 0.0101. The van der Waals surface area contributed by atoms with Gasteiger partial charge in [-0.25, -0.2) is 8.42 Å². The number of carbonyl (C=O) groups excluding carboxylic acids is 1. The molecule has 0 aromatic carbocycles. The molecule has 0 saturated carbocycles. The lowest BCUT2D eigenvalue weighted by Crippen LogP contribution is -2.39. The van der Waals surface area contributed by atoms with E-state index >= 15 is 0 Å². The van der Waals surface area contributed by atoms with Gasteiger partial charge in [0, 0.05) is 29.8 Å². The van der Waals surface area contributed by atoms with Crippen molar-refractivity contribution in [1.82, 2.24) is 4.90 Å². The monoisotopic (exact) mass is 397 g/mol. The van der Waals surface area contributed by atoms with Gasteiger partial charge in [-0.15, -0.1) is 0 Å². The van der Waals surface area contributed by atoms with Crippen molar-refractivity contribution in [1.29, 1.82) is 0 Å². The zero-order valence-corrected chi connectivity index (χ0v) is 15.0. The molecule has 2 rings (SSSR count). The molecule has 0 spiro atoms. The molecule has 1 aromatic heterocycles. The van der Waals surface area contributed by atoms with E-state index in [2.05, 4.69) is 29.8 Å². The van der Waals surface area contributed by atoms with Gasteiger partial charge in [0.05, 0.1) is 0 Å². The third-order valence-electron chi connectivity index (χ3n) is 3.90. The second-order valence-corrected chi connectivity index (χ2v) is 8.81. The first-order chi connectivity index (χ1) is 9.70. The molecule has 0 aliphatic carbocycles. The van der Waals surface area contributed by atoms with Crippen LogP contribution in [-0.2, 0) is 9.05 Å². The van der Waals surface area contributed by atoms with Crippen LogP contribution >= 0.6 is 26.6 Å². The number of nitrogens with zero attached hydrogens (tertiary/aromatic N) is 1.